The summed E-state index contributed by atoms with van der Waals surface area (Å²) in [5.41, 5.74) is 6.09. The van der Waals surface area contributed by atoms with Crippen LogP contribution in [0.4, 0.5) is 11.5 Å². The van der Waals surface area contributed by atoms with Crippen molar-refractivity contribution < 1.29 is 9.69 Å². The molecule has 2 aromatic rings. The van der Waals surface area contributed by atoms with Gasteiger partial charge in [-0.3, -0.25) is 24.0 Å². The van der Waals surface area contributed by atoms with Crippen LogP contribution in [-0.2, 0) is 17.9 Å². The van der Waals surface area contributed by atoms with Crippen LogP contribution in [0.1, 0.15) is 44.6 Å². The summed E-state index contributed by atoms with van der Waals surface area (Å²) in [6.07, 6.45) is 5.03. The molecule has 1 aliphatic heterocycles. The van der Waals surface area contributed by atoms with E-state index in [4.69, 9.17) is 5.73 Å². The zero-order valence-corrected chi connectivity index (χ0v) is 17.7. The second kappa shape index (κ2) is 10.2. The number of quaternary nitrogens is 1. The number of piperidine rings is 1. The van der Waals surface area contributed by atoms with Crippen molar-refractivity contribution in [1.29, 1.82) is 0 Å². The Morgan fingerprint density at radius 3 is 2.53 bits per heavy atom. The fourth-order valence-corrected chi connectivity index (χ4v) is 3.97. The number of nitrogens with one attached hydrogen (secondary N) is 2. The number of aromatic nitrogens is 2. The maximum Gasteiger partial charge on any atom is 0.330 e. The van der Waals surface area contributed by atoms with Gasteiger partial charge < -0.3 is 10.6 Å². The van der Waals surface area contributed by atoms with Gasteiger partial charge in [0.2, 0.25) is 0 Å². The largest absolute Gasteiger partial charge is 0.383 e. The number of aromatic amines is 1. The number of nitrogens with zero attached hydrogens (tertiary/aromatic N) is 2. The molecule has 8 nitrogen and oxygen atoms in total. The quantitative estimate of drug-likeness (QED) is 0.586. The number of unbranched alkanes of at least 4 members (excludes halogenated alkanes) is 1. The van der Waals surface area contributed by atoms with Crippen molar-refractivity contribution in [2.45, 2.75) is 52.1 Å². The van der Waals surface area contributed by atoms with Crippen molar-refractivity contribution in [1.82, 2.24) is 9.55 Å². The summed E-state index contributed by atoms with van der Waals surface area (Å²) in [6, 6.07) is 9.50. The molecule has 0 saturated carbocycles. The highest BCUT2D eigenvalue weighted by Gasteiger charge is 2.28. The highest BCUT2D eigenvalue weighted by atomic mass is 16.2. The van der Waals surface area contributed by atoms with Gasteiger partial charge in [0, 0.05) is 6.54 Å². The number of nitrogens with two attached hydrogens (primary N) is 1. The van der Waals surface area contributed by atoms with Crippen LogP contribution < -0.4 is 26.8 Å². The average Bonchev–Trinajstić information content (AvgIpc) is 2.74. The van der Waals surface area contributed by atoms with Gasteiger partial charge in [-0.1, -0.05) is 43.7 Å². The van der Waals surface area contributed by atoms with Crippen LogP contribution in [0, 0.1) is 0 Å². The number of amides is 1. The van der Waals surface area contributed by atoms with Gasteiger partial charge >= 0.3 is 5.69 Å². The molecule has 0 unspecified atom stereocenters. The van der Waals surface area contributed by atoms with Gasteiger partial charge in [-0.25, -0.2) is 4.79 Å². The van der Waals surface area contributed by atoms with Crippen LogP contribution in [0.5, 0.6) is 0 Å². The monoisotopic (exact) mass is 414 g/mol. The molecule has 0 atom stereocenters. The molecular weight excluding hydrogens is 382 g/mol. The van der Waals surface area contributed by atoms with Gasteiger partial charge in [-0.15, -0.1) is 0 Å². The molecule has 0 aliphatic carbocycles. The first-order chi connectivity index (χ1) is 14.5. The summed E-state index contributed by atoms with van der Waals surface area (Å²) in [5, 5.41) is 0. The maximum atomic E-state index is 13.3. The van der Waals surface area contributed by atoms with Gasteiger partial charge in [0.1, 0.15) is 5.82 Å². The van der Waals surface area contributed by atoms with Crippen molar-refractivity contribution >= 4 is 17.4 Å². The number of rotatable bonds is 8. The minimum Gasteiger partial charge on any atom is -0.383 e. The fourth-order valence-electron chi connectivity index (χ4n) is 3.97. The third-order valence-electron chi connectivity index (χ3n) is 5.67. The first-order valence-electron chi connectivity index (χ1n) is 10.8. The topological polar surface area (TPSA) is 106 Å². The highest BCUT2D eigenvalue weighted by Crippen LogP contribution is 2.20. The summed E-state index contributed by atoms with van der Waals surface area (Å²) in [7, 11) is 0. The molecule has 3 rings (SSSR count). The van der Waals surface area contributed by atoms with E-state index in [-0.39, 0.29) is 24.0 Å². The van der Waals surface area contributed by atoms with Gasteiger partial charge in [0.15, 0.2) is 12.2 Å². The lowest BCUT2D eigenvalue weighted by Crippen LogP contribution is -3.14. The zero-order valence-electron chi connectivity index (χ0n) is 17.7. The number of H-pyrrole nitrogens is 1. The third-order valence-corrected chi connectivity index (χ3v) is 5.67. The van der Waals surface area contributed by atoms with Crippen LogP contribution in [0.2, 0.25) is 0 Å². The molecule has 1 aliphatic rings. The predicted octanol–water partition coefficient (Wildman–Crippen LogP) is 0.521. The van der Waals surface area contributed by atoms with Crippen LogP contribution in [0.25, 0.3) is 0 Å². The number of carbonyl (C=O) groups excluding carboxylic acids is 1. The Hall–Kier alpha value is -2.87. The molecule has 0 radical (unpaired) electrons. The van der Waals surface area contributed by atoms with E-state index in [2.05, 4.69) is 4.98 Å². The SMILES string of the molecule is CCCCn1c(N)c(N(Cc2ccccc2)C(=O)C[NH+]2CCCCC2)c(=O)[nH]c1=O. The Labute approximate surface area is 176 Å². The standard InChI is InChI=1S/C22H31N5O3/c1-2-3-14-26-20(23)19(21(29)24-22(26)30)27(15-17-10-6-4-7-11-17)18(28)16-25-12-8-5-9-13-25/h4,6-7,10-11H,2-3,5,8-9,12-16,23H2,1H3,(H,24,29,30)/p+1. The van der Waals surface area contributed by atoms with Crippen LogP contribution >= 0.6 is 0 Å². The van der Waals surface area contributed by atoms with E-state index in [0.29, 0.717) is 13.1 Å². The maximum absolute atomic E-state index is 13.3. The molecule has 0 spiro atoms. The first-order valence-corrected chi connectivity index (χ1v) is 10.8. The number of hydrogen-bond donors (Lipinski definition) is 3. The molecule has 1 saturated heterocycles. The molecular formula is C22H32N5O3+. The number of likely N-dealkylation sites (tertiary alicyclic amines) is 1. The van der Waals surface area contributed by atoms with E-state index in [0.717, 1.165) is 44.3 Å². The number of benzene rings is 1. The smallest absolute Gasteiger partial charge is 0.330 e. The number of anilines is 2. The Morgan fingerprint density at radius 1 is 1.17 bits per heavy atom. The Kier molecular flexibility index (Phi) is 7.46. The molecule has 162 valence electrons. The highest BCUT2D eigenvalue weighted by molar-refractivity contribution is 5.96. The van der Waals surface area contributed by atoms with E-state index in [1.807, 2.05) is 37.3 Å². The Bertz CT molecular complexity index is 961. The second-order valence-electron chi connectivity index (χ2n) is 7.95. The van der Waals surface area contributed by atoms with Gasteiger partial charge in [0.25, 0.3) is 11.5 Å². The Balaban J connectivity index is 1.99. The summed E-state index contributed by atoms with van der Waals surface area (Å²) < 4.78 is 1.36. The lowest BCUT2D eigenvalue weighted by molar-refractivity contribution is -0.896. The van der Waals surface area contributed by atoms with Crippen molar-refractivity contribution in [2.24, 2.45) is 0 Å². The van der Waals surface area contributed by atoms with E-state index in [1.54, 1.807) is 0 Å². The molecule has 0 bridgehead atoms. The third kappa shape index (κ3) is 5.18. The van der Waals surface area contributed by atoms with Crippen LogP contribution in [0.3, 0.4) is 0 Å². The van der Waals surface area contributed by atoms with Crippen molar-refractivity contribution in [3.05, 3.63) is 56.7 Å². The lowest BCUT2D eigenvalue weighted by Gasteiger charge is -2.28. The molecule has 2 heterocycles. The normalized spacial score (nSPS) is 14.6. The molecule has 4 N–H and O–H groups in total. The van der Waals surface area contributed by atoms with Crippen molar-refractivity contribution in [2.75, 3.05) is 30.3 Å². The lowest BCUT2D eigenvalue weighted by atomic mass is 10.1. The molecule has 1 amide bonds. The van der Waals surface area contributed by atoms with Gasteiger partial charge in [-0.05, 0) is 31.2 Å². The second-order valence-corrected chi connectivity index (χ2v) is 7.95. The Morgan fingerprint density at radius 2 is 1.87 bits per heavy atom. The number of hydrogen-bond acceptors (Lipinski definition) is 4. The summed E-state index contributed by atoms with van der Waals surface area (Å²) in [5.74, 6) is -0.108. The van der Waals surface area contributed by atoms with E-state index in [9.17, 15) is 14.4 Å². The summed E-state index contributed by atoms with van der Waals surface area (Å²) >= 11 is 0. The van der Waals surface area contributed by atoms with Crippen LogP contribution in [0.15, 0.2) is 39.9 Å². The van der Waals surface area contributed by atoms with Crippen molar-refractivity contribution in [3.63, 3.8) is 0 Å². The first kappa shape index (κ1) is 21.8. The molecule has 1 fully saturated rings. The average molecular weight is 415 g/mol. The molecule has 1 aromatic heterocycles. The van der Waals surface area contributed by atoms with E-state index < -0.39 is 11.2 Å². The zero-order chi connectivity index (χ0) is 21.5. The van der Waals surface area contributed by atoms with Gasteiger partial charge in [0.05, 0.1) is 19.6 Å². The minimum atomic E-state index is -0.622. The van der Waals surface area contributed by atoms with Crippen molar-refractivity contribution in [3.8, 4) is 0 Å². The predicted molar refractivity (Wildman–Crippen MR) is 118 cm³/mol. The number of carbonyl (C=O) groups is 1. The van der Waals surface area contributed by atoms with E-state index >= 15 is 0 Å². The molecule has 1 aromatic carbocycles. The fraction of sp³-hybridized carbons (Fsp3) is 0.500. The number of nitrogen functional groups attached to an aromatic ring is 1. The van der Waals surface area contributed by atoms with Gasteiger partial charge in [-0.2, -0.15) is 0 Å². The van der Waals surface area contributed by atoms with Crippen LogP contribution in [-0.4, -0.2) is 35.1 Å². The summed E-state index contributed by atoms with van der Waals surface area (Å²) in [4.78, 5) is 43.4. The molecule has 30 heavy (non-hydrogen) atoms. The van der Waals surface area contributed by atoms with E-state index in [1.165, 1.54) is 20.8 Å². The minimum absolute atomic E-state index is 0.0510. The summed E-state index contributed by atoms with van der Waals surface area (Å²) in [6.45, 7) is 4.85. The molecule has 8 heteroatoms.